The molecule has 2 aliphatic rings. The second-order valence-corrected chi connectivity index (χ2v) is 14.0. The van der Waals surface area contributed by atoms with Crippen LogP contribution in [0.15, 0.2) is 106 Å². The van der Waals surface area contributed by atoms with E-state index in [9.17, 15) is 0 Å². The molecule has 6 aromatic carbocycles. The van der Waals surface area contributed by atoms with E-state index in [0.29, 0.717) is 0 Å². The molecule has 10 rings (SSSR count). The van der Waals surface area contributed by atoms with Crippen LogP contribution in [0, 0.1) is 41.5 Å². The van der Waals surface area contributed by atoms with Crippen LogP contribution in [0.5, 0.6) is 0 Å². The minimum atomic E-state index is 0.930. The lowest BCUT2D eigenvalue weighted by Crippen LogP contribution is -2.11. The van der Waals surface area contributed by atoms with Gasteiger partial charge in [0.05, 0.1) is 0 Å². The van der Waals surface area contributed by atoms with Crippen LogP contribution in [0.3, 0.4) is 0 Å². The molecule has 0 aliphatic heterocycles. The molecule has 8 aromatic rings. The summed E-state index contributed by atoms with van der Waals surface area (Å²) >= 11 is 0. The molecule has 0 saturated heterocycles. The van der Waals surface area contributed by atoms with Crippen molar-refractivity contribution in [2.75, 3.05) is 0 Å². The van der Waals surface area contributed by atoms with Gasteiger partial charge in [0.15, 0.2) is 0 Å². The van der Waals surface area contributed by atoms with Crippen molar-refractivity contribution in [1.82, 2.24) is 0 Å². The minimum absolute atomic E-state index is 0.930. The van der Waals surface area contributed by atoms with Crippen LogP contribution in [0.4, 0.5) is 0 Å². The van der Waals surface area contributed by atoms with Crippen molar-refractivity contribution in [3.8, 4) is 22.3 Å². The molecular weight excluding hydrogens is 585 g/mol. The Kier molecular flexibility index (Phi) is 5.44. The van der Waals surface area contributed by atoms with Gasteiger partial charge in [-0.2, -0.15) is 0 Å². The summed E-state index contributed by atoms with van der Waals surface area (Å²) in [6, 6.07) is 35.7. The second kappa shape index (κ2) is 9.49. The molecule has 0 amide bonds. The maximum absolute atomic E-state index is 6.75. The third-order valence-corrected chi connectivity index (χ3v) is 10.7. The molecule has 0 fully saturated rings. The Labute approximate surface area is 279 Å². The van der Waals surface area contributed by atoms with Gasteiger partial charge < -0.3 is 8.83 Å². The number of furan rings is 2. The van der Waals surface area contributed by atoms with Gasteiger partial charge in [0, 0.05) is 33.0 Å². The Bertz CT molecular complexity index is 2640. The monoisotopic (exact) mass is 618 g/mol. The van der Waals surface area contributed by atoms with Crippen molar-refractivity contribution in [2.24, 2.45) is 0 Å². The molecule has 2 aromatic heterocycles. The van der Waals surface area contributed by atoms with Gasteiger partial charge in [0.1, 0.15) is 22.7 Å². The third kappa shape index (κ3) is 3.58. The quantitative estimate of drug-likeness (QED) is 0.193. The fraction of sp³-hybridized carbons (Fsp3) is 0.130. The summed E-state index contributed by atoms with van der Waals surface area (Å²) < 4.78 is 13.5. The van der Waals surface area contributed by atoms with E-state index in [1.807, 2.05) is 0 Å². The molecular formula is C46H34O2. The van der Waals surface area contributed by atoms with E-state index < -0.39 is 0 Å². The molecule has 0 radical (unpaired) electrons. The molecule has 2 aliphatic carbocycles. The summed E-state index contributed by atoms with van der Waals surface area (Å²) in [6.45, 7) is 13.3. The summed E-state index contributed by atoms with van der Waals surface area (Å²) in [5.41, 5.74) is 19.3. The predicted molar refractivity (Wildman–Crippen MR) is 198 cm³/mol. The molecule has 0 unspecified atom stereocenters. The van der Waals surface area contributed by atoms with E-state index in [1.54, 1.807) is 0 Å². The lowest BCUT2D eigenvalue weighted by atomic mass is 9.91. The molecule has 0 N–H and O–H groups in total. The number of fused-ring (bicyclic) bond motifs is 11. The number of hydrogen-bond acceptors (Lipinski definition) is 2. The Balaban J connectivity index is 1.36. The highest BCUT2D eigenvalue weighted by atomic mass is 16.3. The SMILES string of the molecule is Cc1cc(C)c(C2=c3cc4cc5c(cc4cc3-c3c2oc2ccccc32)=C(c2c(C)cc(C)cc2C)c2oc3ccccc3c2-5)c(C)c1. The lowest BCUT2D eigenvalue weighted by Gasteiger charge is -2.13. The number of rotatable bonds is 2. The Hall–Kier alpha value is -5.60. The first kappa shape index (κ1) is 27.5. The first-order chi connectivity index (χ1) is 23.3. The van der Waals surface area contributed by atoms with Crippen molar-refractivity contribution < 1.29 is 8.83 Å². The molecule has 2 heteroatoms. The van der Waals surface area contributed by atoms with Crippen LogP contribution in [0.25, 0.3) is 66.1 Å². The van der Waals surface area contributed by atoms with Crippen molar-refractivity contribution >= 4 is 43.9 Å². The fourth-order valence-corrected chi connectivity index (χ4v) is 9.04. The van der Waals surface area contributed by atoms with Crippen LogP contribution in [-0.2, 0) is 0 Å². The third-order valence-electron chi connectivity index (χ3n) is 10.7. The first-order valence-corrected chi connectivity index (χ1v) is 16.8. The van der Waals surface area contributed by atoms with E-state index in [4.69, 9.17) is 8.83 Å². The number of aryl methyl sites for hydroxylation is 6. The van der Waals surface area contributed by atoms with Crippen LogP contribution >= 0.6 is 0 Å². The molecule has 2 nitrogen and oxygen atoms in total. The van der Waals surface area contributed by atoms with Crippen LogP contribution in [0.1, 0.15) is 56.0 Å². The van der Waals surface area contributed by atoms with E-state index in [1.165, 1.54) is 99.1 Å². The Morgan fingerprint density at radius 3 is 1.17 bits per heavy atom. The molecule has 0 spiro atoms. The highest BCUT2D eigenvalue weighted by Crippen LogP contribution is 2.47. The summed E-state index contributed by atoms with van der Waals surface area (Å²) in [5.74, 6) is 1.95. The van der Waals surface area contributed by atoms with Gasteiger partial charge in [-0.05, 0) is 144 Å². The minimum Gasteiger partial charge on any atom is -0.455 e. The van der Waals surface area contributed by atoms with Crippen LogP contribution in [-0.4, -0.2) is 0 Å². The largest absolute Gasteiger partial charge is 0.455 e. The van der Waals surface area contributed by atoms with Crippen LogP contribution < -0.4 is 10.4 Å². The molecule has 48 heavy (non-hydrogen) atoms. The number of hydrogen-bond donors (Lipinski definition) is 0. The average molecular weight is 619 g/mol. The predicted octanol–water partition coefficient (Wildman–Crippen LogP) is 10.6. The summed E-state index contributed by atoms with van der Waals surface area (Å²) in [5, 5.41) is 7.24. The van der Waals surface area contributed by atoms with Crippen LogP contribution in [0.2, 0.25) is 0 Å². The molecule has 230 valence electrons. The maximum Gasteiger partial charge on any atom is 0.144 e. The zero-order valence-electron chi connectivity index (χ0n) is 28.1. The van der Waals surface area contributed by atoms with Gasteiger partial charge in [0.25, 0.3) is 0 Å². The topological polar surface area (TPSA) is 26.3 Å². The van der Waals surface area contributed by atoms with Crippen molar-refractivity contribution in [3.63, 3.8) is 0 Å². The van der Waals surface area contributed by atoms with E-state index in [0.717, 1.165) is 33.5 Å². The number of benzene rings is 6. The zero-order valence-corrected chi connectivity index (χ0v) is 28.1. The van der Waals surface area contributed by atoms with Crippen molar-refractivity contribution in [2.45, 2.75) is 41.5 Å². The van der Waals surface area contributed by atoms with Gasteiger partial charge in [-0.1, -0.05) is 71.8 Å². The van der Waals surface area contributed by atoms with E-state index in [-0.39, 0.29) is 0 Å². The smallest absolute Gasteiger partial charge is 0.144 e. The summed E-state index contributed by atoms with van der Waals surface area (Å²) in [4.78, 5) is 0. The highest BCUT2D eigenvalue weighted by Gasteiger charge is 2.32. The van der Waals surface area contributed by atoms with Gasteiger partial charge in [0.2, 0.25) is 0 Å². The zero-order chi connectivity index (χ0) is 32.6. The normalized spacial score (nSPS) is 13.1. The van der Waals surface area contributed by atoms with Crippen molar-refractivity contribution in [1.29, 1.82) is 0 Å². The van der Waals surface area contributed by atoms with E-state index >= 15 is 0 Å². The molecule has 0 bridgehead atoms. The van der Waals surface area contributed by atoms with Crippen molar-refractivity contribution in [3.05, 3.63) is 164 Å². The van der Waals surface area contributed by atoms with Gasteiger partial charge in [-0.25, -0.2) is 0 Å². The standard InChI is InChI=1S/C46H34O2/c1-23-15-25(3)39(26(4)16-23)43-35-21-29-20-34-36(22-30(29)19-33(35)41-31-11-7-9-13-37(31)47-45(41)43)44(40-27(5)17-24(2)18-28(40)6)46-42(34)32-12-8-10-14-38(32)48-46/h7-22H,1-6H3. The average Bonchev–Trinajstić information content (AvgIpc) is 3.76. The molecule has 0 saturated carbocycles. The van der Waals surface area contributed by atoms with Gasteiger partial charge in [-0.3, -0.25) is 0 Å². The Morgan fingerprint density at radius 1 is 0.396 bits per heavy atom. The summed E-state index contributed by atoms with van der Waals surface area (Å²) in [6.07, 6.45) is 0. The fourth-order valence-electron chi connectivity index (χ4n) is 9.04. The maximum atomic E-state index is 6.75. The lowest BCUT2D eigenvalue weighted by molar-refractivity contribution is 0.602. The first-order valence-electron chi connectivity index (χ1n) is 16.8. The highest BCUT2D eigenvalue weighted by molar-refractivity contribution is 6.12. The molecule has 0 atom stereocenters. The number of para-hydroxylation sites is 2. The Morgan fingerprint density at radius 2 is 0.771 bits per heavy atom. The van der Waals surface area contributed by atoms with E-state index in [2.05, 4.69) is 139 Å². The summed E-state index contributed by atoms with van der Waals surface area (Å²) in [7, 11) is 0. The second-order valence-electron chi connectivity index (χ2n) is 14.0. The van der Waals surface area contributed by atoms with Gasteiger partial charge >= 0.3 is 0 Å². The molecule has 2 heterocycles. The van der Waals surface area contributed by atoms with Gasteiger partial charge in [-0.15, -0.1) is 0 Å².